The van der Waals surface area contributed by atoms with Gasteiger partial charge in [-0.05, 0) is 13.0 Å². The lowest BCUT2D eigenvalue weighted by molar-refractivity contribution is 0.136. The Balaban J connectivity index is 1.96. The Morgan fingerprint density at radius 1 is 1.44 bits per heavy atom. The van der Waals surface area contributed by atoms with Crippen molar-refractivity contribution in [3.05, 3.63) is 23.2 Å². The molecule has 5 heteroatoms. The lowest BCUT2D eigenvalue weighted by atomic mass is 10.1. The first kappa shape index (κ1) is 11.8. The quantitative estimate of drug-likeness (QED) is 0.843. The van der Waals surface area contributed by atoms with Crippen molar-refractivity contribution in [2.24, 2.45) is 0 Å². The molecule has 0 amide bonds. The molecule has 0 saturated carbocycles. The predicted octanol–water partition coefficient (Wildman–Crippen LogP) is 1.31. The van der Waals surface area contributed by atoms with Gasteiger partial charge in [0.15, 0.2) is 0 Å². The third-order valence-electron chi connectivity index (χ3n) is 2.83. The third-order valence-corrected chi connectivity index (χ3v) is 3.02. The second-order valence-electron chi connectivity index (χ2n) is 4.11. The van der Waals surface area contributed by atoms with E-state index < -0.39 is 0 Å². The van der Waals surface area contributed by atoms with Crippen LogP contribution in [0.1, 0.15) is 19.0 Å². The summed E-state index contributed by atoms with van der Waals surface area (Å²) in [6.45, 7) is 6.34. The van der Waals surface area contributed by atoms with Crippen molar-refractivity contribution in [3.8, 4) is 0 Å². The van der Waals surface area contributed by atoms with E-state index in [-0.39, 0.29) is 0 Å². The smallest absolute Gasteiger partial charge is 0.147 e. The Kier molecular flexibility index (Phi) is 4.09. The predicted molar refractivity (Wildman–Crippen MR) is 64.4 cm³/mol. The first-order valence-corrected chi connectivity index (χ1v) is 6.08. The van der Waals surface area contributed by atoms with E-state index in [2.05, 4.69) is 27.1 Å². The molecule has 0 aromatic carbocycles. The summed E-state index contributed by atoms with van der Waals surface area (Å²) in [4.78, 5) is 10.8. The van der Waals surface area contributed by atoms with Gasteiger partial charge >= 0.3 is 0 Å². The molecule has 88 valence electrons. The van der Waals surface area contributed by atoms with Crippen molar-refractivity contribution in [2.45, 2.75) is 25.9 Å². The molecule has 4 nitrogen and oxygen atoms in total. The summed E-state index contributed by atoms with van der Waals surface area (Å²) in [5, 5.41) is 3.75. The van der Waals surface area contributed by atoms with E-state index in [9.17, 15) is 0 Å². The normalized spacial score (nSPS) is 16.4. The van der Waals surface area contributed by atoms with Gasteiger partial charge in [-0.3, -0.25) is 9.88 Å². The van der Waals surface area contributed by atoms with Crippen LogP contribution in [-0.2, 0) is 6.54 Å². The SMILES string of the molecule is CCCN(Cc1cnc(Cl)cn1)C1CNC1. The molecular formula is C11H17ClN4. The van der Waals surface area contributed by atoms with Gasteiger partial charge in [-0.1, -0.05) is 18.5 Å². The highest BCUT2D eigenvalue weighted by atomic mass is 35.5. The molecule has 0 bridgehead atoms. The Morgan fingerprint density at radius 3 is 2.75 bits per heavy atom. The Hall–Kier alpha value is -0.710. The summed E-state index contributed by atoms with van der Waals surface area (Å²) in [6.07, 6.45) is 4.54. The highest BCUT2D eigenvalue weighted by Gasteiger charge is 2.24. The fraction of sp³-hybridized carbons (Fsp3) is 0.636. The minimum absolute atomic E-state index is 0.455. The molecule has 2 heterocycles. The van der Waals surface area contributed by atoms with Gasteiger partial charge in [-0.2, -0.15) is 0 Å². The lowest BCUT2D eigenvalue weighted by Gasteiger charge is -2.37. The maximum atomic E-state index is 5.71. The van der Waals surface area contributed by atoms with Crippen molar-refractivity contribution < 1.29 is 0 Å². The van der Waals surface area contributed by atoms with Crippen molar-refractivity contribution in [1.29, 1.82) is 0 Å². The Morgan fingerprint density at radius 2 is 2.25 bits per heavy atom. The van der Waals surface area contributed by atoms with Crippen LogP contribution in [0.5, 0.6) is 0 Å². The number of aromatic nitrogens is 2. The molecule has 2 rings (SSSR count). The lowest BCUT2D eigenvalue weighted by Crippen LogP contribution is -2.57. The highest BCUT2D eigenvalue weighted by molar-refractivity contribution is 6.29. The topological polar surface area (TPSA) is 41.1 Å². The molecule has 1 aliphatic rings. The summed E-state index contributed by atoms with van der Waals surface area (Å²) >= 11 is 5.71. The Labute approximate surface area is 101 Å². The molecule has 1 saturated heterocycles. The third kappa shape index (κ3) is 2.90. The van der Waals surface area contributed by atoms with Crippen LogP contribution in [0, 0.1) is 0 Å². The molecule has 1 aromatic rings. The molecule has 16 heavy (non-hydrogen) atoms. The zero-order valence-corrected chi connectivity index (χ0v) is 10.2. The molecule has 0 spiro atoms. The van der Waals surface area contributed by atoms with Gasteiger partial charge in [0.25, 0.3) is 0 Å². The fourth-order valence-electron chi connectivity index (χ4n) is 1.84. The van der Waals surface area contributed by atoms with Gasteiger partial charge < -0.3 is 5.32 Å². The first-order chi connectivity index (χ1) is 7.79. The Bertz CT molecular complexity index is 323. The number of hydrogen-bond donors (Lipinski definition) is 1. The van der Waals surface area contributed by atoms with Crippen LogP contribution in [0.4, 0.5) is 0 Å². The van der Waals surface area contributed by atoms with Gasteiger partial charge in [-0.15, -0.1) is 0 Å². The van der Waals surface area contributed by atoms with Crippen molar-refractivity contribution >= 4 is 11.6 Å². The number of rotatable bonds is 5. The van der Waals surface area contributed by atoms with Crippen LogP contribution in [0.2, 0.25) is 5.15 Å². The van der Waals surface area contributed by atoms with Gasteiger partial charge in [0.1, 0.15) is 5.15 Å². The summed E-state index contributed by atoms with van der Waals surface area (Å²) in [6, 6.07) is 0.650. The molecule has 0 aliphatic carbocycles. The van der Waals surface area contributed by atoms with Crippen LogP contribution >= 0.6 is 11.6 Å². The minimum atomic E-state index is 0.455. The van der Waals surface area contributed by atoms with Gasteiger partial charge in [0, 0.05) is 25.7 Å². The van der Waals surface area contributed by atoms with E-state index in [1.807, 2.05) is 0 Å². The average molecular weight is 241 g/mol. The van der Waals surface area contributed by atoms with E-state index in [4.69, 9.17) is 11.6 Å². The summed E-state index contributed by atoms with van der Waals surface area (Å²) in [5.74, 6) is 0. The molecule has 1 fully saturated rings. The molecule has 1 aromatic heterocycles. The van der Waals surface area contributed by atoms with E-state index in [1.54, 1.807) is 12.4 Å². The van der Waals surface area contributed by atoms with Crippen LogP contribution in [0.3, 0.4) is 0 Å². The first-order valence-electron chi connectivity index (χ1n) is 5.70. The van der Waals surface area contributed by atoms with E-state index in [0.29, 0.717) is 11.2 Å². The van der Waals surface area contributed by atoms with E-state index in [1.165, 1.54) is 0 Å². The maximum absolute atomic E-state index is 5.71. The van der Waals surface area contributed by atoms with Crippen molar-refractivity contribution in [3.63, 3.8) is 0 Å². The zero-order valence-electron chi connectivity index (χ0n) is 9.49. The highest BCUT2D eigenvalue weighted by Crippen LogP contribution is 2.11. The number of halogens is 1. The second-order valence-corrected chi connectivity index (χ2v) is 4.50. The van der Waals surface area contributed by atoms with Crippen LogP contribution in [0.15, 0.2) is 12.4 Å². The maximum Gasteiger partial charge on any atom is 0.147 e. The molecule has 0 radical (unpaired) electrons. The summed E-state index contributed by atoms with van der Waals surface area (Å²) in [5.41, 5.74) is 0.991. The number of nitrogens with one attached hydrogen (secondary N) is 1. The van der Waals surface area contributed by atoms with E-state index >= 15 is 0 Å². The van der Waals surface area contributed by atoms with Crippen molar-refractivity contribution in [2.75, 3.05) is 19.6 Å². The largest absolute Gasteiger partial charge is 0.314 e. The monoisotopic (exact) mass is 240 g/mol. The standard InChI is InChI=1S/C11H17ClN4/c1-2-3-16(10-5-13-6-10)8-9-4-15-11(12)7-14-9/h4,7,10,13H,2-3,5-6,8H2,1H3. The van der Waals surface area contributed by atoms with Crippen LogP contribution in [-0.4, -0.2) is 40.5 Å². The zero-order chi connectivity index (χ0) is 11.4. The minimum Gasteiger partial charge on any atom is -0.314 e. The van der Waals surface area contributed by atoms with Gasteiger partial charge in [0.2, 0.25) is 0 Å². The van der Waals surface area contributed by atoms with Gasteiger partial charge in [-0.25, -0.2) is 4.98 Å². The van der Waals surface area contributed by atoms with Gasteiger partial charge in [0.05, 0.1) is 18.1 Å². The van der Waals surface area contributed by atoms with Crippen molar-refractivity contribution in [1.82, 2.24) is 20.2 Å². The van der Waals surface area contributed by atoms with Crippen LogP contribution in [0.25, 0.3) is 0 Å². The molecule has 1 N–H and O–H groups in total. The molecule has 0 atom stereocenters. The summed E-state index contributed by atoms with van der Waals surface area (Å²) < 4.78 is 0. The van der Waals surface area contributed by atoms with E-state index in [0.717, 1.165) is 38.3 Å². The molecule has 1 aliphatic heterocycles. The van der Waals surface area contributed by atoms with Crippen LogP contribution < -0.4 is 5.32 Å². The molecule has 0 unspecified atom stereocenters. The average Bonchev–Trinajstić information content (AvgIpc) is 2.19. The molecular weight excluding hydrogens is 224 g/mol. The number of nitrogens with zero attached hydrogens (tertiary/aromatic N) is 3. The fourth-order valence-corrected chi connectivity index (χ4v) is 1.94. The second kappa shape index (κ2) is 5.57. The summed E-state index contributed by atoms with van der Waals surface area (Å²) in [7, 11) is 0. The number of hydrogen-bond acceptors (Lipinski definition) is 4.